The molecule has 31 heavy (non-hydrogen) atoms. The van der Waals surface area contributed by atoms with Gasteiger partial charge in [-0.05, 0) is 66.5 Å². The van der Waals surface area contributed by atoms with E-state index in [9.17, 15) is 14.3 Å². The molecular weight excluding hydrogens is 391 g/mol. The summed E-state index contributed by atoms with van der Waals surface area (Å²) in [6.07, 6.45) is 5.24. The number of aliphatic hydroxyl groups excluding tert-OH is 1. The fourth-order valence-electron chi connectivity index (χ4n) is 3.86. The first kappa shape index (κ1) is 22.7. The summed E-state index contributed by atoms with van der Waals surface area (Å²) in [7, 11) is 1.98. The van der Waals surface area contributed by atoms with E-state index in [4.69, 9.17) is 0 Å². The van der Waals surface area contributed by atoms with Crippen LogP contribution in [-0.2, 0) is 4.79 Å². The molecule has 164 valence electrons. The Kier molecular flexibility index (Phi) is 6.94. The van der Waals surface area contributed by atoms with Gasteiger partial charge in [0.25, 0.3) is 0 Å². The Balaban J connectivity index is 2.36. The summed E-state index contributed by atoms with van der Waals surface area (Å²) in [5.41, 5.74) is 4.59. The lowest BCUT2D eigenvalue weighted by atomic mass is 9.86. The Morgan fingerprint density at radius 1 is 1.32 bits per heavy atom. The minimum absolute atomic E-state index is 0.0414. The topological polar surface area (TPSA) is 52.9 Å². The van der Waals surface area contributed by atoms with Crippen molar-refractivity contribution in [3.8, 4) is 0 Å². The number of nitrogens with zero attached hydrogens (tertiary/aromatic N) is 2. The van der Waals surface area contributed by atoms with Crippen molar-refractivity contribution in [3.05, 3.63) is 76.5 Å². The maximum absolute atomic E-state index is 14.2. The van der Waals surface area contributed by atoms with E-state index < -0.39 is 0 Å². The maximum Gasteiger partial charge on any atom is 0.165 e. The van der Waals surface area contributed by atoms with Crippen LogP contribution in [0.4, 0.5) is 4.39 Å². The number of halogens is 1. The average molecular weight is 423 g/mol. The normalized spacial score (nSPS) is 23.4. The van der Waals surface area contributed by atoms with E-state index in [1.54, 1.807) is 12.1 Å². The van der Waals surface area contributed by atoms with Gasteiger partial charge in [-0.25, -0.2) is 4.39 Å². The number of rotatable bonds is 5. The van der Waals surface area contributed by atoms with E-state index in [1.807, 2.05) is 27.0 Å². The first-order valence-corrected chi connectivity index (χ1v) is 10.8. The van der Waals surface area contributed by atoms with Crippen LogP contribution >= 0.6 is 0 Å². The molecule has 1 N–H and O–H groups in total. The first-order valence-electron chi connectivity index (χ1n) is 10.8. The maximum atomic E-state index is 14.2. The molecule has 1 saturated carbocycles. The van der Waals surface area contributed by atoms with Crippen molar-refractivity contribution in [3.63, 3.8) is 0 Å². The molecular formula is C26H31FN2O2. The van der Waals surface area contributed by atoms with Gasteiger partial charge in [0.2, 0.25) is 0 Å². The third-order valence-corrected chi connectivity index (χ3v) is 5.75. The van der Waals surface area contributed by atoms with E-state index >= 15 is 0 Å². The van der Waals surface area contributed by atoms with E-state index in [2.05, 4.69) is 16.5 Å². The molecule has 4 nitrogen and oxygen atoms in total. The van der Waals surface area contributed by atoms with E-state index in [1.165, 1.54) is 25.3 Å². The van der Waals surface area contributed by atoms with Crippen LogP contribution in [0.3, 0.4) is 0 Å². The van der Waals surface area contributed by atoms with Gasteiger partial charge >= 0.3 is 0 Å². The molecule has 1 aromatic carbocycles. The second kappa shape index (κ2) is 9.46. The van der Waals surface area contributed by atoms with Gasteiger partial charge < -0.3 is 10.0 Å². The van der Waals surface area contributed by atoms with E-state index in [0.29, 0.717) is 19.0 Å². The largest absolute Gasteiger partial charge is 0.507 e. The Morgan fingerprint density at radius 3 is 2.61 bits per heavy atom. The fraction of sp³-hybridized carbons (Fsp3) is 0.385. The molecule has 0 spiro atoms. The zero-order valence-corrected chi connectivity index (χ0v) is 18.8. The van der Waals surface area contributed by atoms with Crippen molar-refractivity contribution in [2.75, 3.05) is 20.1 Å². The summed E-state index contributed by atoms with van der Waals surface area (Å²) in [4.78, 5) is 18.5. The molecule has 1 aromatic rings. The molecule has 1 heterocycles. The third kappa shape index (κ3) is 5.22. The predicted molar refractivity (Wildman–Crippen MR) is 124 cm³/mol. The molecule has 1 fully saturated rings. The van der Waals surface area contributed by atoms with E-state index in [-0.39, 0.29) is 28.9 Å². The molecule has 1 aliphatic heterocycles. The number of aliphatic imine (C=N–C) groups is 1. The molecule has 0 saturated heterocycles. The van der Waals surface area contributed by atoms with Crippen LogP contribution in [-0.4, -0.2) is 42.1 Å². The van der Waals surface area contributed by atoms with Crippen molar-refractivity contribution < 1.29 is 14.3 Å². The van der Waals surface area contributed by atoms with E-state index in [0.717, 1.165) is 40.8 Å². The molecule has 0 aromatic heterocycles. The summed E-state index contributed by atoms with van der Waals surface area (Å²) in [6.45, 7) is 11.0. The van der Waals surface area contributed by atoms with Crippen LogP contribution < -0.4 is 0 Å². The quantitative estimate of drug-likeness (QED) is 0.681. The monoisotopic (exact) mass is 422 g/mol. The molecule has 0 atom stereocenters. The Hall–Kier alpha value is -2.95. The second-order valence-corrected chi connectivity index (χ2v) is 8.60. The van der Waals surface area contributed by atoms with Crippen molar-refractivity contribution in [2.24, 2.45) is 16.8 Å². The molecule has 2 aliphatic rings. The molecule has 0 bridgehead atoms. The standard InChI is InChI=1S/C26H31FN2O2/c1-16(2)22-14-24(31)23(18(4)30)15-28-11-12-29(5)26(22)25(17(3)19-9-10-19)20-7-6-8-21(27)13-20/h6-8,13-16,19,31H,3,9-12H2,1-2,4-5H3/b22-14+,24-23-,26-25+,28-15?. The summed E-state index contributed by atoms with van der Waals surface area (Å²) >= 11 is 0. The predicted octanol–water partition coefficient (Wildman–Crippen LogP) is 5.50. The van der Waals surface area contributed by atoms with Crippen LogP contribution in [0, 0.1) is 17.7 Å². The minimum atomic E-state index is -0.303. The number of Topliss-reactive ketones (excluding diaryl/α,β-unsaturated/α-hetero) is 1. The van der Waals surface area contributed by atoms with Crippen molar-refractivity contribution in [1.82, 2.24) is 4.90 Å². The lowest BCUT2D eigenvalue weighted by Crippen LogP contribution is -2.26. The number of carbonyl (C=O) groups excluding carboxylic acids is 1. The van der Waals surface area contributed by atoms with Gasteiger partial charge in [0.15, 0.2) is 5.78 Å². The number of allylic oxidation sites excluding steroid dienone is 5. The summed E-state index contributed by atoms with van der Waals surface area (Å²) < 4.78 is 14.2. The second-order valence-electron chi connectivity index (χ2n) is 8.60. The number of benzene rings is 1. The Labute approximate surface area is 184 Å². The van der Waals surface area contributed by atoms with Gasteiger partial charge in [-0.2, -0.15) is 0 Å². The summed E-state index contributed by atoms with van der Waals surface area (Å²) in [6, 6.07) is 6.58. The van der Waals surface area contributed by atoms with Crippen molar-refractivity contribution >= 4 is 17.6 Å². The molecule has 0 radical (unpaired) electrons. The highest BCUT2D eigenvalue weighted by Gasteiger charge is 2.31. The average Bonchev–Trinajstić information content (AvgIpc) is 3.54. The molecule has 1 aliphatic carbocycles. The number of aliphatic hydroxyl groups is 1. The van der Waals surface area contributed by atoms with Gasteiger partial charge in [-0.15, -0.1) is 0 Å². The number of likely N-dealkylation sites (N-methyl/N-ethyl adjacent to an activating group) is 1. The highest BCUT2D eigenvalue weighted by Crippen LogP contribution is 2.45. The molecule has 0 unspecified atom stereocenters. The number of hydrogen-bond acceptors (Lipinski definition) is 4. The van der Waals surface area contributed by atoms with Gasteiger partial charge in [0.05, 0.1) is 12.1 Å². The fourth-order valence-corrected chi connectivity index (χ4v) is 3.86. The highest BCUT2D eigenvalue weighted by atomic mass is 19.1. The van der Waals surface area contributed by atoms with Crippen LogP contribution in [0.25, 0.3) is 5.57 Å². The van der Waals surface area contributed by atoms with Crippen LogP contribution in [0.1, 0.15) is 39.2 Å². The lowest BCUT2D eigenvalue weighted by Gasteiger charge is -2.31. The van der Waals surface area contributed by atoms with Crippen LogP contribution in [0.2, 0.25) is 0 Å². The van der Waals surface area contributed by atoms with Gasteiger partial charge in [0.1, 0.15) is 11.6 Å². The van der Waals surface area contributed by atoms with Crippen LogP contribution in [0.15, 0.2) is 70.1 Å². The van der Waals surface area contributed by atoms with Gasteiger partial charge in [-0.3, -0.25) is 9.79 Å². The lowest BCUT2D eigenvalue weighted by molar-refractivity contribution is -0.113. The molecule has 3 rings (SSSR count). The van der Waals surface area contributed by atoms with Crippen molar-refractivity contribution in [2.45, 2.75) is 33.6 Å². The van der Waals surface area contributed by atoms with Crippen LogP contribution in [0.5, 0.6) is 0 Å². The smallest absolute Gasteiger partial charge is 0.165 e. The highest BCUT2D eigenvalue weighted by molar-refractivity contribution is 6.13. The summed E-state index contributed by atoms with van der Waals surface area (Å²) in [5.74, 6) is -0.239. The Bertz CT molecular complexity index is 1010. The Morgan fingerprint density at radius 2 is 2.03 bits per heavy atom. The minimum Gasteiger partial charge on any atom is -0.507 e. The molecule has 0 amide bonds. The number of hydrogen-bond donors (Lipinski definition) is 1. The molecule has 5 heteroatoms. The third-order valence-electron chi connectivity index (χ3n) is 5.75. The van der Waals surface area contributed by atoms with Crippen molar-refractivity contribution in [1.29, 1.82) is 0 Å². The first-order chi connectivity index (χ1) is 14.7. The summed E-state index contributed by atoms with van der Waals surface area (Å²) in [5, 5.41) is 10.8. The zero-order chi connectivity index (χ0) is 22.7. The SMILES string of the molecule is C=C(/C(=C1/C(C(C)C)=C/C(O)=C(/C(C)=O)C=NCCN1C)c1cccc(F)c1)C1CC1. The van der Waals surface area contributed by atoms with Gasteiger partial charge in [-0.1, -0.05) is 32.6 Å². The zero-order valence-electron chi connectivity index (χ0n) is 18.8. The number of ketones is 1. The van der Waals surface area contributed by atoms with Gasteiger partial charge in [0, 0.05) is 31.1 Å². The number of carbonyl (C=O) groups is 1.